The van der Waals surface area contributed by atoms with Crippen molar-refractivity contribution >= 4 is 29.2 Å². The lowest BCUT2D eigenvalue weighted by Crippen LogP contribution is -2.59. The van der Waals surface area contributed by atoms with Gasteiger partial charge in [0.2, 0.25) is 11.7 Å². The lowest BCUT2D eigenvalue weighted by Gasteiger charge is -2.36. The average Bonchev–Trinajstić information content (AvgIpc) is 2.73. The van der Waals surface area contributed by atoms with Gasteiger partial charge in [-0.15, -0.1) is 6.58 Å². The molecular formula is C20H26N6O3. The van der Waals surface area contributed by atoms with E-state index >= 15 is 0 Å². The summed E-state index contributed by atoms with van der Waals surface area (Å²) < 4.78 is 0. The Morgan fingerprint density at radius 3 is 2.55 bits per heavy atom. The summed E-state index contributed by atoms with van der Waals surface area (Å²) in [6, 6.07) is 7.46. The highest BCUT2D eigenvalue weighted by Crippen LogP contribution is 2.15. The summed E-state index contributed by atoms with van der Waals surface area (Å²) in [6.45, 7) is 8.38. The van der Waals surface area contributed by atoms with E-state index in [0.29, 0.717) is 45.0 Å². The van der Waals surface area contributed by atoms with E-state index in [2.05, 4.69) is 22.3 Å². The Balaban J connectivity index is 1.55. The highest BCUT2D eigenvalue weighted by Gasteiger charge is 2.30. The number of nitrogens with zero attached hydrogens (tertiary/aromatic N) is 4. The third-order valence-electron chi connectivity index (χ3n) is 4.80. The number of nitrogens with one attached hydrogen (secondary N) is 2. The molecule has 1 aromatic rings. The second-order valence-electron chi connectivity index (χ2n) is 7.00. The van der Waals surface area contributed by atoms with Gasteiger partial charge in [-0.2, -0.15) is 0 Å². The molecule has 154 valence electrons. The van der Waals surface area contributed by atoms with Gasteiger partial charge >= 0.3 is 0 Å². The van der Waals surface area contributed by atoms with Crippen LogP contribution in [0.1, 0.15) is 5.56 Å². The Morgan fingerprint density at radius 2 is 1.90 bits per heavy atom. The van der Waals surface area contributed by atoms with Crippen molar-refractivity contribution in [1.82, 2.24) is 20.5 Å². The molecule has 2 heterocycles. The molecule has 1 fully saturated rings. The lowest BCUT2D eigenvalue weighted by atomic mass is 10.2. The van der Waals surface area contributed by atoms with Crippen LogP contribution in [0.15, 0.2) is 41.9 Å². The van der Waals surface area contributed by atoms with Crippen molar-refractivity contribution in [3.8, 4) is 0 Å². The quantitative estimate of drug-likeness (QED) is 0.641. The Kier molecular flexibility index (Phi) is 6.61. The summed E-state index contributed by atoms with van der Waals surface area (Å²) in [7, 11) is 0. The number of aryl methyl sites for hydroxylation is 1. The number of hydrazine groups is 1. The Bertz CT molecular complexity index is 812. The van der Waals surface area contributed by atoms with Gasteiger partial charge < -0.3 is 10.2 Å². The third kappa shape index (κ3) is 5.20. The minimum atomic E-state index is -0.245. The first-order chi connectivity index (χ1) is 14.0. The molecule has 0 spiro atoms. The van der Waals surface area contributed by atoms with Crippen LogP contribution in [-0.2, 0) is 14.4 Å². The predicted octanol–water partition coefficient (Wildman–Crippen LogP) is -0.309. The summed E-state index contributed by atoms with van der Waals surface area (Å²) in [4.78, 5) is 44.7. The summed E-state index contributed by atoms with van der Waals surface area (Å²) in [5.41, 5.74) is 4.60. The molecule has 0 unspecified atom stereocenters. The first-order valence-corrected chi connectivity index (χ1v) is 9.58. The van der Waals surface area contributed by atoms with Gasteiger partial charge in [0.1, 0.15) is 6.54 Å². The van der Waals surface area contributed by atoms with Gasteiger partial charge in [-0.25, -0.2) is 5.01 Å². The zero-order valence-electron chi connectivity index (χ0n) is 16.6. The summed E-state index contributed by atoms with van der Waals surface area (Å²) in [6.07, 6.45) is 1.64. The number of rotatable bonds is 6. The van der Waals surface area contributed by atoms with Gasteiger partial charge in [-0.1, -0.05) is 23.8 Å². The molecule has 2 aliphatic heterocycles. The van der Waals surface area contributed by atoms with Crippen molar-refractivity contribution in [3.63, 3.8) is 0 Å². The van der Waals surface area contributed by atoms with Crippen LogP contribution in [0.4, 0.5) is 5.69 Å². The van der Waals surface area contributed by atoms with Crippen LogP contribution in [0.2, 0.25) is 0 Å². The second kappa shape index (κ2) is 9.33. The van der Waals surface area contributed by atoms with Crippen molar-refractivity contribution in [1.29, 1.82) is 0 Å². The van der Waals surface area contributed by atoms with Gasteiger partial charge in [-0.3, -0.25) is 29.7 Å². The molecular weight excluding hydrogens is 372 g/mol. The van der Waals surface area contributed by atoms with E-state index in [-0.39, 0.29) is 30.1 Å². The summed E-state index contributed by atoms with van der Waals surface area (Å²) in [5, 5.41) is 4.11. The first kappa shape index (κ1) is 20.5. The molecule has 2 aliphatic rings. The van der Waals surface area contributed by atoms with Crippen LogP contribution in [0.5, 0.6) is 0 Å². The van der Waals surface area contributed by atoms with E-state index in [4.69, 9.17) is 0 Å². The fourth-order valence-electron chi connectivity index (χ4n) is 3.14. The molecule has 9 heteroatoms. The first-order valence-electron chi connectivity index (χ1n) is 9.58. The lowest BCUT2D eigenvalue weighted by molar-refractivity contribution is -0.127. The molecule has 1 saturated heterocycles. The van der Waals surface area contributed by atoms with Crippen LogP contribution in [0.25, 0.3) is 0 Å². The smallest absolute Gasteiger partial charge is 0.290 e. The van der Waals surface area contributed by atoms with E-state index in [9.17, 15) is 14.4 Å². The second-order valence-corrected chi connectivity index (χ2v) is 7.00. The topological polar surface area (TPSA) is 97.4 Å². The maximum Gasteiger partial charge on any atom is 0.290 e. The summed E-state index contributed by atoms with van der Waals surface area (Å²) in [5.74, 6) is -0.372. The minimum absolute atomic E-state index is 0.0600. The van der Waals surface area contributed by atoms with Crippen LogP contribution in [-0.4, -0.2) is 79.2 Å². The van der Waals surface area contributed by atoms with Gasteiger partial charge in [0.15, 0.2) is 0 Å². The molecule has 2 N–H and O–H groups in total. The highest BCUT2D eigenvalue weighted by atomic mass is 16.2. The number of benzene rings is 1. The number of aliphatic imine (C=N–C) groups is 1. The number of carbonyl (C=O) groups is 3. The zero-order valence-corrected chi connectivity index (χ0v) is 16.6. The maximum atomic E-state index is 12.8. The molecule has 9 nitrogen and oxygen atoms in total. The van der Waals surface area contributed by atoms with Crippen LogP contribution >= 0.6 is 0 Å². The van der Waals surface area contributed by atoms with Crippen molar-refractivity contribution in [3.05, 3.63) is 42.5 Å². The molecule has 3 rings (SSSR count). The van der Waals surface area contributed by atoms with Gasteiger partial charge in [-0.05, 0) is 19.1 Å². The number of carbonyl (C=O) groups excluding carboxylic acids is 3. The molecule has 0 saturated carbocycles. The monoisotopic (exact) mass is 398 g/mol. The molecule has 0 bridgehead atoms. The Labute approximate surface area is 170 Å². The molecule has 0 radical (unpaired) electrons. The van der Waals surface area contributed by atoms with E-state index in [1.807, 2.05) is 36.1 Å². The molecule has 3 amide bonds. The fraction of sp³-hybridized carbons (Fsp3) is 0.400. The van der Waals surface area contributed by atoms with Crippen molar-refractivity contribution < 1.29 is 14.4 Å². The average molecular weight is 398 g/mol. The van der Waals surface area contributed by atoms with Crippen molar-refractivity contribution in [2.45, 2.75) is 6.92 Å². The normalized spacial score (nSPS) is 17.4. The number of hydrogen-bond acceptors (Lipinski definition) is 6. The molecule has 29 heavy (non-hydrogen) atoms. The van der Waals surface area contributed by atoms with E-state index in [0.717, 1.165) is 5.56 Å². The highest BCUT2D eigenvalue weighted by molar-refractivity contribution is 6.39. The maximum absolute atomic E-state index is 12.8. The number of anilines is 1. The molecule has 0 aliphatic carbocycles. The van der Waals surface area contributed by atoms with E-state index in [1.165, 1.54) is 5.01 Å². The SMILES string of the molecule is C=CCNC(=O)CN1CCN(C(=O)C2=NCC(=O)N(c3ccc(C)cc3)N2)CC1. The Morgan fingerprint density at radius 1 is 1.21 bits per heavy atom. The minimum Gasteiger partial charge on any atom is -0.352 e. The molecule has 1 aromatic carbocycles. The third-order valence-corrected chi connectivity index (χ3v) is 4.80. The molecule has 0 atom stereocenters. The number of hydrogen-bond donors (Lipinski definition) is 2. The van der Waals surface area contributed by atoms with Crippen molar-refractivity contribution in [2.24, 2.45) is 4.99 Å². The van der Waals surface area contributed by atoms with Crippen LogP contribution in [0, 0.1) is 6.92 Å². The number of amidine groups is 1. The number of amides is 3. The van der Waals surface area contributed by atoms with Gasteiger partial charge in [0.05, 0.1) is 12.2 Å². The predicted molar refractivity (Wildman–Crippen MR) is 110 cm³/mol. The van der Waals surface area contributed by atoms with Gasteiger partial charge in [0, 0.05) is 32.7 Å². The van der Waals surface area contributed by atoms with Gasteiger partial charge in [0.25, 0.3) is 11.8 Å². The summed E-state index contributed by atoms with van der Waals surface area (Å²) >= 11 is 0. The fourth-order valence-corrected chi connectivity index (χ4v) is 3.14. The van der Waals surface area contributed by atoms with E-state index < -0.39 is 0 Å². The number of piperazine rings is 1. The van der Waals surface area contributed by atoms with Crippen LogP contribution < -0.4 is 15.8 Å². The van der Waals surface area contributed by atoms with E-state index in [1.54, 1.807) is 11.0 Å². The zero-order chi connectivity index (χ0) is 20.8. The van der Waals surface area contributed by atoms with Crippen LogP contribution in [0.3, 0.4) is 0 Å². The Hall–Kier alpha value is -3.20. The van der Waals surface area contributed by atoms with Crippen molar-refractivity contribution in [2.75, 3.05) is 50.8 Å². The standard InChI is InChI=1S/C20H26N6O3/c1-3-8-21-17(27)14-24-9-11-25(12-10-24)20(29)19-22-13-18(28)26(23-19)16-6-4-15(2)5-7-16/h3-7H,1,8-14H2,2H3,(H,21,27)(H,22,23). The largest absolute Gasteiger partial charge is 0.352 e. The molecule has 0 aromatic heterocycles.